The van der Waals surface area contributed by atoms with Gasteiger partial charge in [0.15, 0.2) is 5.82 Å². The van der Waals surface area contributed by atoms with Crippen molar-refractivity contribution in [1.29, 1.82) is 0 Å². The number of hydrogen-bond donors (Lipinski definition) is 3. The third-order valence-corrected chi connectivity index (χ3v) is 4.25. The summed E-state index contributed by atoms with van der Waals surface area (Å²) in [5.74, 6) is 1.09. The first-order valence-electron chi connectivity index (χ1n) is 6.28. The molecule has 1 aromatic heterocycles. The summed E-state index contributed by atoms with van der Waals surface area (Å²) >= 11 is 0. The van der Waals surface area contributed by atoms with Crippen LogP contribution in [0.4, 0.5) is 11.4 Å². The fourth-order valence-corrected chi connectivity index (χ4v) is 2.48. The van der Waals surface area contributed by atoms with Gasteiger partial charge in [-0.15, -0.1) is 0 Å². The van der Waals surface area contributed by atoms with Gasteiger partial charge in [-0.25, -0.2) is 13.1 Å². The lowest BCUT2D eigenvalue weighted by atomic mass is 10.2. The van der Waals surface area contributed by atoms with E-state index in [-0.39, 0.29) is 4.90 Å². The number of benzene rings is 1. The number of nitrogens with two attached hydrogens (primary N) is 1. The zero-order valence-electron chi connectivity index (χ0n) is 11.8. The summed E-state index contributed by atoms with van der Waals surface area (Å²) in [6, 6.07) is 4.49. The molecule has 0 aliphatic carbocycles. The van der Waals surface area contributed by atoms with Gasteiger partial charge in [-0.3, -0.25) is 0 Å². The minimum atomic E-state index is -3.50. The van der Waals surface area contributed by atoms with Crippen LogP contribution in [0.5, 0.6) is 0 Å². The number of aryl methyl sites for hydroxylation is 1. The van der Waals surface area contributed by atoms with Gasteiger partial charge >= 0.3 is 0 Å². The molecule has 0 aliphatic rings. The van der Waals surface area contributed by atoms with Crippen molar-refractivity contribution in [2.75, 3.05) is 24.6 Å². The molecule has 0 amide bonds. The summed E-state index contributed by atoms with van der Waals surface area (Å²) in [6.07, 6.45) is 0.541. The third kappa shape index (κ3) is 3.70. The van der Waals surface area contributed by atoms with E-state index in [9.17, 15) is 8.42 Å². The van der Waals surface area contributed by atoms with E-state index in [4.69, 9.17) is 10.3 Å². The summed E-state index contributed by atoms with van der Waals surface area (Å²) in [6.45, 7) is 2.22. The van der Waals surface area contributed by atoms with E-state index in [0.717, 1.165) is 0 Å². The Kier molecular flexibility index (Phi) is 4.43. The van der Waals surface area contributed by atoms with Crippen LogP contribution < -0.4 is 15.8 Å². The number of hydrogen-bond acceptors (Lipinski definition) is 7. The minimum Gasteiger partial charge on any atom is -0.397 e. The van der Waals surface area contributed by atoms with Gasteiger partial charge in [0, 0.05) is 19.9 Å². The van der Waals surface area contributed by atoms with Crippen LogP contribution in [-0.4, -0.2) is 32.2 Å². The molecular weight excluding hydrogens is 294 g/mol. The van der Waals surface area contributed by atoms with Crippen LogP contribution in [0, 0.1) is 6.92 Å². The topological polar surface area (TPSA) is 123 Å². The Labute approximate surface area is 122 Å². The largest absolute Gasteiger partial charge is 0.397 e. The predicted molar refractivity (Wildman–Crippen MR) is 78.3 cm³/mol. The van der Waals surface area contributed by atoms with Crippen LogP contribution in [0.15, 0.2) is 27.6 Å². The van der Waals surface area contributed by atoms with Crippen LogP contribution in [0.2, 0.25) is 0 Å². The van der Waals surface area contributed by atoms with Gasteiger partial charge in [-0.2, -0.15) is 4.98 Å². The number of anilines is 2. The van der Waals surface area contributed by atoms with Gasteiger partial charge in [0.05, 0.1) is 16.3 Å². The van der Waals surface area contributed by atoms with Crippen LogP contribution in [0.3, 0.4) is 0 Å². The molecule has 9 heteroatoms. The minimum absolute atomic E-state index is 0.150. The Balaban J connectivity index is 2.07. The number of rotatable bonds is 6. The fourth-order valence-electron chi connectivity index (χ4n) is 1.73. The van der Waals surface area contributed by atoms with Crippen LogP contribution in [0.25, 0.3) is 0 Å². The van der Waals surface area contributed by atoms with Gasteiger partial charge in [-0.1, -0.05) is 5.16 Å². The van der Waals surface area contributed by atoms with Crippen molar-refractivity contribution in [1.82, 2.24) is 14.9 Å². The number of nitrogens with one attached hydrogen (secondary N) is 2. The lowest BCUT2D eigenvalue weighted by molar-refractivity contribution is 0.387. The Hall–Kier alpha value is -2.13. The van der Waals surface area contributed by atoms with Gasteiger partial charge in [0.2, 0.25) is 15.9 Å². The summed E-state index contributed by atoms with van der Waals surface area (Å²) in [5.41, 5.74) is 6.84. The molecule has 2 rings (SSSR count). The smallest absolute Gasteiger partial charge is 0.240 e. The Morgan fingerprint density at radius 3 is 2.76 bits per heavy atom. The van der Waals surface area contributed by atoms with E-state index < -0.39 is 10.0 Å². The van der Waals surface area contributed by atoms with Crippen LogP contribution in [-0.2, 0) is 16.4 Å². The lowest BCUT2D eigenvalue weighted by Crippen LogP contribution is -2.19. The Bertz CT molecular complexity index is 726. The van der Waals surface area contributed by atoms with E-state index in [1.165, 1.54) is 19.2 Å². The van der Waals surface area contributed by atoms with E-state index >= 15 is 0 Å². The third-order valence-electron chi connectivity index (χ3n) is 2.84. The molecule has 0 atom stereocenters. The highest BCUT2D eigenvalue weighted by molar-refractivity contribution is 7.89. The van der Waals surface area contributed by atoms with Crippen molar-refractivity contribution in [3.05, 3.63) is 29.9 Å². The van der Waals surface area contributed by atoms with Gasteiger partial charge in [0.1, 0.15) is 0 Å². The van der Waals surface area contributed by atoms with Crippen molar-refractivity contribution >= 4 is 21.4 Å². The standard InChI is InChI=1S/C12H17N5O3S/c1-8-16-12(17-20-8)5-6-15-11-7-9(3-4-10(11)13)21(18,19)14-2/h3-4,7,14-15H,5-6,13H2,1-2H3. The maximum absolute atomic E-state index is 11.8. The molecule has 1 aromatic carbocycles. The van der Waals surface area contributed by atoms with E-state index in [1.807, 2.05) is 0 Å². The average Bonchev–Trinajstić information content (AvgIpc) is 2.86. The molecule has 0 saturated carbocycles. The molecule has 0 saturated heterocycles. The predicted octanol–water partition coefficient (Wildman–Crippen LogP) is 0.523. The van der Waals surface area contributed by atoms with Gasteiger partial charge < -0.3 is 15.6 Å². The molecule has 2 aromatic rings. The summed E-state index contributed by atoms with van der Waals surface area (Å²) in [7, 11) is -2.14. The molecule has 0 bridgehead atoms. The van der Waals surface area contributed by atoms with Crippen LogP contribution in [0.1, 0.15) is 11.7 Å². The zero-order chi connectivity index (χ0) is 15.5. The highest BCUT2D eigenvalue weighted by Crippen LogP contribution is 2.22. The molecule has 114 valence electrons. The SMILES string of the molecule is CNS(=O)(=O)c1ccc(N)c(NCCc2noc(C)n2)c1. The molecular formula is C12H17N5O3S. The normalized spacial score (nSPS) is 11.5. The van der Waals surface area contributed by atoms with Crippen molar-refractivity contribution in [3.63, 3.8) is 0 Å². The highest BCUT2D eigenvalue weighted by Gasteiger charge is 2.13. The molecule has 1 heterocycles. The molecule has 0 radical (unpaired) electrons. The van der Waals surface area contributed by atoms with Crippen molar-refractivity contribution in [2.45, 2.75) is 18.2 Å². The average molecular weight is 311 g/mol. The maximum atomic E-state index is 11.8. The number of aromatic nitrogens is 2. The molecule has 0 fully saturated rings. The van der Waals surface area contributed by atoms with Crippen molar-refractivity contribution in [2.24, 2.45) is 0 Å². The second-order valence-electron chi connectivity index (χ2n) is 4.36. The van der Waals surface area contributed by atoms with Crippen molar-refractivity contribution in [3.8, 4) is 0 Å². The van der Waals surface area contributed by atoms with Gasteiger partial charge in [-0.05, 0) is 25.2 Å². The number of nitrogen functional groups attached to an aromatic ring is 1. The molecule has 0 spiro atoms. The first kappa shape index (κ1) is 15.3. The zero-order valence-corrected chi connectivity index (χ0v) is 12.6. The summed E-state index contributed by atoms with van der Waals surface area (Å²) < 4.78 is 30.6. The van der Waals surface area contributed by atoms with Crippen LogP contribution >= 0.6 is 0 Å². The van der Waals surface area contributed by atoms with Gasteiger partial charge in [0.25, 0.3) is 0 Å². The second-order valence-corrected chi connectivity index (χ2v) is 6.25. The molecule has 0 unspecified atom stereocenters. The molecule has 4 N–H and O–H groups in total. The quantitative estimate of drug-likeness (QED) is 0.664. The van der Waals surface area contributed by atoms with Crippen molar-refractivity contribution < 1.29 is 12.9 Å². The monoisotopic (exact) mass is 311 g/mol. The molecule has 0 aliphatic heterocycles. The lowest BCUT2D eigenvalue weighted by Gasteiger charge is -2.10. The highest BCUT2D eigenvalue weighted by atomic mass is 32.2. The first-order valence-corrected chi connectivity index (χ1v) is 7.77. The molecule has 21 heavy (non-hydrogen) atoms. The van der Waals surface area contributed by atoms with E-state index in [0.29, 0.717) is 36.1 Å². The Morgan fingerprint density at radius 2 is 2.14 bits per heavy atom. The summed E-state index contributed by atoms with van der Waals surface area (Å²) in [5, 5.41) is 6.84. The number of nitrogens with zero attached hydrogens (tertiary/aromatic N) is 2. The van der Waals surface area contributed by atoms with E-state index in [1.54, 1.807) is 13.0 Å². The maximum Gasteiger partial charge on any atom is 0.240 e. The molecule has 8 nitrogen and oxygen atoms in total. The summed E-state index contributed by atoms with van der Waals surface area (Å²) in [4.78, 5) is 4.23. The number of sulfonamides is 1. The fraction of sp³-hybridized carbons (Fsp3) is 0.333. The first-order chi connectivity index (χ1) is 9.92. The second kappa shape index (κ2) is 6.10. The van der Waals surface area contributed by atoms with E-state index in [2.05, 4.69) is 20.2 Å². The Morgan fingerprint density at radius 1 is 1.38 bits per heavy atom.